The maximum absolute atomic E-state index is 12.5. The highest BCUT2D eigenvalue weighted by molar-refractivity contribution is 7.15. The number of carbonyl (C=O) groups is 1. The smallest absolute Gasteiger partial charge is 0.276 e. The summed E-state index contributed by atoms with van der Waals surface area (Å²) < 4.78 is 5.76. The second kappa shape index (κ2) is 7.73. The lowest BCUT2D eigenvalue weighted by Gasteiger charge is -2.36. The molecule has 1 aliphatic rings. The zero-order valence-corrected chi connectivity index (χ0v) is 16.9. The lowest BCUT2D eigenvalue weighted by molar-refractivity contribution is -0.00545. The van der Waals surface area contributed by atoms with Crippen LogP contribution >= 0.6 is 11.3 Å². The quantitative estimate of drug-likeness (QED) is 0.701. The summed E-state index contributed by atoms with van der Waals surface area (Å²) in [5.74, 6) is 0.620. The van der Waals surface area contributed by atoms with Crippen LogP contribution in [-0.2, 0) is 4.74 Å². The number of ether oxygens (including phenoxy) is 1. The van der Waals surface area contributed by atoms with Crippen LogP contribution < -0.4 is 10.2 Å². The van der Waals surface area contributed by atoms with Crippen molar-refractivity contribution in [3.8, 4) is 10.6 Å². The number of nitrogens with one attached hydrogen (secondary N) is 2. The van der Waals surface area contributed by atoms with Gasteiger partial charge >= 0.3 is 0 Å². The molecule has 0 spiro atoms. The van der Waals surface area contributed by atoms with Gasteiger partial charge in [-0.1, -0.05) is 0 Å². The Morgan fingerprint density at radius 1 is 1.25 bits per heavy atom. The Bertz CT molecular complexity index is 955. The molecule has 0 bridgehead atoms. The van der Waals surface area contributed by atoms with Crippen molar-refractivity contribution in [3.05, 3.63) is 47.1 Å². The van der Waals surface area contributed by atoms with Crippen molar-refractivity contribution in [2.45, 2.75) is 33.0 Å². The molecule has 2 N–H and O–H groups in total. The predicted molar refractivity (Wildman–Crippen MR) is 111 cm³/mol. The van der Waals surface area contributed by atoms with E-state index in [4.69, 9.17) is 4.74 Å². The number of aromatic amines is 1. The lowest BCUT2D eigenvalue weighted by Crippen LogP contribution is -2.45. The molecule has 1 amide bonds. The molecule has 2 atom stereocenters. The van der Waals surface area contributed by atoms with Crippen molar-refractivity contribution in [2.24, 2.45) is 0 Å². The van der Waals surface area contributed by atoms with Crippen molar-refractivity contribution >= 4 is 28.7 Å². The van der Waals surface area contributed by atoms with E-state index in [9.17, 15) is 4.79 Å². The third kappa shape index (κ3) is 4.07. The van der Waals surface area contributed by atoms with E-state index < -0.39 is 0 Å². The van der Waals surface area contributed by atoms with Gasteiger partial charge in [-0.05, 0) is 51.1 Å². The summed E-state index contributed by atoms with van der Waals surface area (Å²) in [6.45, 7) is 7.79. The number of carbonyl (C=O) groups excluding carboxylic acids is 1. The number of aromatic nitrogens is 3. The normalized spacial score (nSPS) is 19.6. The second-order valence-corrected chi connectivity index (χ2v) is 8.39. The molecular weight excluding hydrogens is 374 g/mol. The zero-order chi connectivity index (χ0) is 19.7. The first kappa shape index (κ1) is 18.6. The molecule has 146 valence electrons. The van der Waals surface area contributed by atoms with Crippen LogP contribution in [0.4, 0.5) is 11.5 Å². The van der Waals surface area contributed by atoms with Crippen molar-refractivity contribution in [2.75, 3.05) is 23.3 Å². The number of nitrogens with zero attached hydrogens (tertiary/aromatic N) is 3. The van der Waals surface area contributed by atoms with Crippen molar-refractivity contribution in [3.63, 3.8) is 0 Å². The number of anilines is 2. The number of amides is 1. The maximum atomic E-state index is 12.5. The Hall–Kier alpha value is -2.71. The van der Waals surface area contributed by atoms with Gasteiger partial charge in [-0.25, -0.2) is 4.98 Å². The summed E-state index contributed by atoms with van der Waals surface area (Å²) in [5.41, 5.74) is 1.83. The number of hydrogen-bond donors (Lipinski definition) is 2. The van der Waals surface area contributed by atoms with E-state index in [1.54, 1.807) is 23.6 Å². The summed E-state index contributed by atoms with van der Waals surface area (Å²) in [6.07, 6.45) is 2.02. The van der Waals surface area contributed by atoms with Gasteiger partial charge in [-0.15, -0.1) is 11.3 Å². The first-order valence-electron chi connectivity index (χ1n) is 9.28. The summed E-state index contributed by atoms with van der Waals surface area (Å²) >= 11 is 1.66. The third-order valence-corrected chi connectivity index (χ3v) is 5.60. The van der Waals surface area contributed by atoms with Crippen molar-refractivity contribution in [1.82, 2.24) is 15.2 Å². The molecule has 4 rings (SSSR count). The Morgan fingerprint density at radius 3 is 2.68 bits per heavy atom. The van der Waals surface area contributed by atoms with Gasteiger partial charge in [0.05, 0.1) is 34.7 Å². The van der Waals surface area contributed by atoms with Crippen LogP contribution in [0.25, 0.3) is 10.6 Å². The maximum Gasteiger partial charge on any atom is 0.276 e. The van der Waals surface area contributed by atoms with Gasteiger partial charge in [0.25, 0.3) is 5.91 Å². The van der Waals surface area contributed by atoms with Crippen molar-refractivity contribution < 1.29 is 9.53 Å². The van der Waals surface area contributed by atoms with Gasteiger partial charge in [0.1, 0.15) is 5.82 Å². The average molecular weight is 398 g/mol. The number of pyridine rings is 1. The zero-order valence-electron chi connectivity index (χ0n) is 16.1. The molecule has 0 radical (unpaired) electrons. The standard InChI is InChI=1S/C20H23N5O2S/c1-12-10-25(11-13(2)27-12)19-7-5-15(9-21-19)22-20(26)17-8-16(23-24-17)18-6-4-14(3)28-18/h4-9,12-13H,10-11H2,1-3H3,(H,22,26)(H,23,24)/t12-,13-/m0/s1. The fourth-order valence-electron chi connectivity index (χ4n) is 3.35. The highest BCUT2D eigenvalue weighted by atomic mass is 32.1. The van der Waals surface area contributed by atoms with Crippen LogP contribution in [0.2, 0.25) is 0 Å². The molecule has 4 heterocycles. The van der Waals surface area contributed by atoms with Crippen LogP contribution in [0.1, 0.15) is 29.2 Å². The first-order chi connectivity index (χ1) is 13.5. The van der Waals surface area contributed by atoms with Gasteiger partial charge in [-0.3, -0.25) is 9.89 Å². The third-order valence-electron chi connectivity index (χ3n) is 4.57. The van der Waals surface area contributed by atoms with E-state index in [0.29, 0.717) is 11.4 Å². The second-order valence-electron chi connectivity index (χ2n) is 7.10. The molecule has 1 aliphatic heterocycles. The molecule has 3 aromatic rings. The fourth-order valence-corrected chi connectivity index (χ4v) is 4.18. The molecular formula is C20H23N5O2S. The number of morpholine rings is 1. The lowest BCUT2D eigenvalue weighted by atomic mass is 10.2. The van der Waals surface area contributed by atoms with Crippen LogP contribution in [0.15, 0.2) is 36.5 Å². The number of rotatable bonds is 4. The minimum absolute atomic E-state index is 0.172. The number of H-pyrrole nitrogens is 1. The molecule has 1 saturated heterocycles. The molecule has 8 heteroatoms. The van der Waals surface area contributed by atoms with E-state index in [2.05, 4.69) is 39.2 Å². The largest absolute Gasteiger partial charge is 0.372 e. The van der Waals surface area contributed by atoms with Crippen LogP contribution in [0.3, 0.4) is 0 Å². The molecule has 3 aromatic heterocycles. The summed E-state index contributed by atoms with van der Waals surface area (Å²) in [7, 11) is 0. The average Bonchev–Trinajstić information content (AvgIpc) is 3.30. The summed E-state index contributed by atoms with van der Waals surface area (Å²) in [6, 6.07) is 9.61. The number of hydrogen-bond acceptors (Lipinski definition) is 6. The molecule has 28 heavy (non-hydrogen) atoms. The Labute approximate surface area is 167 Å². The first-order valence-corrected chi connectivity index (χ1v) is 10.1. The van der Waals surface area contributed by atoms with Crippen molar-refractivity contribution in [1.29, 1.82) is 0 Å². The molecule has 0 saturated carbocycles. The van der Waals surface area contributed by atoms with Gasteiger partial charge in [0.2, 0.25) is 0 Å². The molecule has 1 fully saturated rings. The number of aryl methyl sites for hydroxylation is 1. The van der Waals surface area contributed by atoms with E-state index >= 15 is 0 Å². The molecule has 0 aliphatic carbocycles. The fraction of sp³-hybridized carbons (Fsp3) is 0.350. The topological polar surface area (TPSA) is 83.1 Å². The Kier molecular flexibility index (Phi) is 5.15. The molecule has 0 aromatic carbocycles. The van der Waals surface area contributed by atoms with E-state index in [-0.39, 0.29) is 18.1 Å². The highest BCUT2D eigenvalue weighted by Crippen LogP contribution is 2.26. The Balaban J connectivity index is 1.42. The van der Waals surface area contributed by atoms with E-state index in [1.165, 1.54) is 4.88 Å². The highest BCUT2D eigenvalue weighted by Gasteiger charge is 2.23. The Morgan fingerprint density at radius 2 is 2.04 bits per heavy atom. The summed E-state index contributed by atoms with van der Waals surface area (Å²) in [5, 5.41) is 9.91. The monoisotopic (exact) mass is 397 g/mol. The van der Waals surface area contributed by atoms with Gasteiger partial charge in [0, 0.05) is 18.0 Å². The minimum Gasteiger partial charge on any atom is -0.372 e. The molecule has 0 unspecified atom stereocenters. The molecule has 7 nitrogen and oxygen atoms in total. The minimum atomic E-state index is -0.265. The van der Waals surface area contributed by atoms with Gasteiger partial charge in [-0.2, -0.15) is 5.10 Å². The van der Waals surface area contributed by atoms with Crippen LogP contribution in [0.5, 0.6) is 0 Å². The summed E-state index contributed by atoms with van der Waals surface area (Å²) in [4.78, 5) is 21.5. The van der Waals surface area contributed by atoms with E-state index in [0.717, 1.165) is 29.5 Å². The van der Waals surface area contributed by atoms with Crippen LogP contribution in [-0.4, -0.2) is 46.4 Å². The van der Waals surface area contributed by atoms with Gasteiger partial charge < -0.3 is 15.0 Å². The SMILES string of the molecule is Cc1ccc(-c2cc(C(=O)Nc3ccc(N4C[C@H](C)O[C@@H](C)C4)nc3)n[nH]2)s1. The van der Waals surface area contributed by atoms with E-state index in [1.807, 2.05) is 31.2 Å². The number of thiophene rings is 1. The van der Waals surface area contributed by atoms with Crippen LogP contribution in [0, 0.1) is 6.92 Å². The van der Waals surface area contributed by atoms with Gasteiger partial charge in [0.15, 0.2) is 5.69 Å². The predicted octanol–water partition coefficient (Wildman–Crippen LogP) is 3.71.